The van der Waals surface area contributed by atoms with E-state index in [-0.39, 0.29) is 12.3 Å². The van der Waals surface area contributed by atoms with Gasteiger partial charge in [-0.3, -0.25) is 4.79 Å². The lowest BCUT2D eigenvalue weighted by molar-refractivity contribution is -0.155. The number of hydrogen-bond acceptors (Lipinski definition) is 5. The zero-order chi connectivity index (χ0) is 15.5. The minimum Gasteiger partial charge on any atom is -0.480 e. The highest BCUT2D eigenvalue weighted by atomic mass is 16.5. The van der Waals surface area contributed by atoms with Gasteiger partial charge < -0.3 is 14.5 Å². The van der Waals surface area contributed by atoms with Gasteiger partial charge in [-0.05, 0) is 26.2 Å². The van der Waals surface area contributed by atoms with Gasteiger partial charge in [-0.25, -0.2) is 4.79 Å². The van der Waals surface area contributed by atoms with E-state index in [9.17, 15) is 14.7 Å². The van der Waals surface area contributed by atoms with Gasteiger partial charge in [-0.15, -0.1) is 0 Å². The van der Waals surface area contributed by atoms with E-state index in [1.807, 2.05) is 6.92 Å². The average molecular weight is 295 g/mol. The fourth-order valence-electron chi connectivity index (χ4n) is 2.65. The van der Waals surface area contributed by atoms with Gasteiger partial charge in [0.2, 0.25) is 11.8 Å². The van der Waals surface area contributed by atoms with Crippen LogP contribution in [0.4, 0.5) is 0 Å². The number of likely N-dealkylation sites (tertiary alicyclic amines) is 1. The number of carboxylic acid groups (broad SMARTS) is 1. The van der Waals surface area contributed by atoms with Crippen LogP contribution < -0.4 is 0 Å². The summed E-state index contributed by atoms with van der Waals surface area (Å²) >= 11 is 0. The summed E-state index contributed by atoms with van der Waals surface area (Å²) in [4.78, 5) is 29.3. The SMILES string of the molecule is CCCc1noc(CCC(=O)N2CCCC2(C)C(=O)O)n1. The molecule has 1 N–H and O–H groups in total. The number of aliphatic carboxylic acids is 1. The molecule has 2 rings (SSSR count). The number of carbonyl (C=O) groups is 2. The maximum atomic E-state index is 12.2. The van der Waals surface area contributed by atoms with Crippen LogP contribution >= 0.6 is 0 Å². The molecule has 1 aromatic heterocycles. The molecule has 1 aliphatic heterocycles. The van der Waals surface area contributed by atoms with Gasteiger partial charge in [-0.1, -0.05) is 12.1 Å². The Hall–Kier alpha value is -1.92. The normalized spacial score (nSPS) is 21.7. The van der Waals surface area contributed by atoms with Crippen molar-refractivity contribution in [2.75, 3.05) is 6.54 Å². The summed E-state index contributed by atoms with van der Waals surface area (Å²) < 4.78 is 5.08. The van der Waals surface area contributed by atoms with Crippen molar-refractivity contribution in [3.8, 4) is 0 Å². The topological polar surface area (TPSA) is 96.5 Å². The van der Waals surface area contributed by atoms with Crippen LogP contribution in [0.1, 0.15) is 51.2 Å². The fraction of sp³-hybridized carbons (Fsp3) is 0.714. The third-order valence-corrected chi connectivity index (χ3v) is 3.94. The first-order valence-electron chi connectivity index (χ1n) is 7.32. The number of nitrogens with zero attached hydrogens (tertiary/aromatic N) is 3. The van der Waals surface area contributed by atoms with Crippen molar-refractivity contribution in [3.05, 3.63) is 11.7 Å². The quantitative estimate of drug-likeness (QED) is 0.852. The number of amides is 1. The summed E-state index contributed by atoms with van der Waals surface area (Å²) in [6, 6.07) is 0. The van der Waals surface area contributed by atoms with Gasteiger partial charge >= 0.3 is 5.97 Å². The summed E-state index contributed by atoms with van der Waals surface area (Å²) in [6.45, 7) is 4.12. The maximum Gasteiger partial charge on any atom is 0.329 e. The molecule has 1 aromatic rings. The van der Waals surface area contributed by atoms with Crippen LogP contribution in [0, 0.1) is 0 Å². The van der Waals surface area contributed by atoms with Crippen LogP contribution in [0.25, 0.3) is 0 Å². The summed E-state index contributed by atoms with van der Waals surface area (Å²) in [5.41, 5.74) is -1.08. The van der Waals surface area contributed by atoms with Crippen LogP contribution in [0.2, 0.25) is 0 Å². The van der Waals surface area contributed by atoms with Crippen LogP contribution in [0.15, 0.2) is 4.52 Å². The lowest BCUT2D eigenvalue weighted by Crippen LogP contribution is -2.50. The van der Waals surface area contributed by atoms with Gasteiger partial charge in [0.25, 0.3) is 0 Å². The second kappa shape index (κ2) is 6.24. The Labute approximate surface area is 123 Å². The zero-order valence-corrected chi connectivity index (χ0v) is 12.5. The highest BCUT2D eigenvalue weighted by Gasteiger charge is 2.45. The van der Waals surface area contributed by atoms with Crippen molar-refractivity contribution in [1.29, 1.82) is 0 Å². The molecule has 1 atom stereocenters. The Kier molecular flexibility index (Phi) is 4.59. The molecular weight excluding hydrogens is 274 g/mol. The van der Waals surface area contributed by atoms with Crippen LogP contribution in [0.3, 0.4) is 0 Å². The second-order valence-electron chi connectivity index (χ2n) is 5.58. The monoisotopic (exact) mass is 295 g/mol. The molecule has 7 nitrogen and oxygen atoms in total. The van der Waals surface area contributed by atoms with Crippen LogP contribution in [0.5, 0.6) is 0 Å². The van der Waals surface area contributed by atoms with E-state index in [0.717, 1.165) is 19.3 Å². The number of carboxylic acids is 1. The summed E-state index contributed by atoms with van der Waals surface area (Å²) in [5.74, 6) is -0.0384. The predicted octanol–water partition coefficient (Wildman–Crippen LogP) is 1.42. The third kappa shape index (κ3) is 3.22. The molecule has 21 heavy (non-hydrogen) atoms. The van der Waals surface area contributed by atoms with Crippen molar-refractivity contribution < 1.29 is 19.2 Å². The first-order valence-corrected chi connectivity index (χ1v) is 7.32. The lowest BCUT2D eigenvalue weighted by Gasteiger charge is -2.31. The van der Waals surface area contributed by atoms with Crippen molar-refractivity contribution in [2.45, 2.75) is 57.9 Å². The number of aryl methyl sites for hydroxylation is 2. The van der Waals surface area contributed by atoms with E-state index >= 15 is 0 Å². The first-order chi connectivity index (χ1) is 9.97. The molecule has 0 bridgehead atoms. The van der Waals surface area contributed by atoms with E-state index in [1.54, 1.807) is 6.92 Å². The molecule has 2 heterocycles. The average Bonchev–Trinajstić information content (AvgIpc) is 3.04. The molecule has 116 valence electrons. The molecule has 0 saturated carbocycles. The minimum atomic E-state index is -1.08. The fourth-order valence-corrected chi connectivity index (χ4v) is 2.65. The van der Waals surface area contributed by atoms with Crippen LogP contribution in [-0.4, -0.2) is 44.1 Å². The molecule has 1 aliphatic rings. The van der Waals surface area contributed by atoms with Crippen molar-refractivity contribution in [2.24, 2.45) is 0 Å². The van der Waals surface area contributed by atoms with Gasteiger partial charge in [0.05, 0.1) is 0 Å². The zero-order valence-electron chi connectivity index (χ0n) is 12.5. The number of carbonyl (C=O) groups excluding carboxylic acids is 1. The Morgan fingerprint density at radius 1 is 1.43 bits per heavy atom. The Balaban J connectivity index is 1.93. The van der Waals surface area contributed by atoms with E-state index in [2.05, 4.69) is 10.1 Å². The van der Waals surface area contributed by atoms with E-state index < -0.39 is 11.5 Å². The first kappa shape index (κ1) is 15.5. The highest BCUT2D eigenvalue weighted by Crippen LogP contribution is 2.30. The third-order valence-electron chi connectivity index (χ3n) is 3.94. The van der Waals surface area contributed by atoms with Crippen molar-refractivity contribution >= 4 is 11.9 Å². The number of aromatic nitrogens is 2. The van der Waals surface area contributed by atoms with Gasteiger partial charge in [0, 0.05) is 25.8 Å². The van der Waals surface area contributed by atoms with Gasteiger partial charge in [-0.2, -0.15) is 4.98 Å². The summed E-state index contributed by atoms with van der Waals surface area (Å²) in [6.07, 6.45) is 3.44. The largest absolute Gasteiger partial charge is 0.480 e. The predicted molar refractivity (Wildman–Crippen MR) is 73.6 cm³/mol. The van der Waals surface area contributed by atoms with Crippen molar-refractivity contribution in [3.63, 3.8) is 0 Å². The Bertz CT molecular complexity index is 528. The molecule has 0 spiro atoms. The summed E-state index contributed by atoms with van der Waals surface area (Å²) in [7, 11) is 0. The van der Waals surface area contributed by atoms with E-state index in [0.29, 0.717) is 31.1 Å². The summed E-state index contributed by atoms with van der Waals surface area (Å²) in [5, 5.41) is 13.1. The molecule has 0 aliphatic carbocycles. The minimum absolute atomic E-state index is 0.173. The standard InChI is InChI=1S/C14H21N3O4/c1-3-5-10-15-11(21-16-10)6-7-12(18)17-9-4-8-14(17,2)13(19)20/h3-9H2,1-2H3,(H,19,20). The number of rotatable bonds is 6. The maximum absolute atomic E-state index is 12.2. The van der Waals surface area contributed by atoms with E-state index in [4.69, 9.17) is 4.52 Å². The molecule has 1 amide bonds. The van der Waals surface area contributed by atoms with E-state index in [1.165, 1.54) is 4.90 Å². The molecule has 1 fully saturated rings. The molecule has 1 unspecified atom stereocenters. The Morgan fingerprint density at radius 2 is 2.19 bits per heavy atom. The smallest absolute Gasteiger partial charge is 0.329 e. The molecule has 7 heteroatoms. The number of hydrogen-bond donors (Lipinski definition) is 1. The molecule has 0 aromatic carbocycles. The molecular formula is C14H21N3O4. The van der Waals surface area contributed by atoms with Crippen LogP contribution in [-0.2, 0) is 22.4 Å². The lowest BCUT2D eigenvalue weighted by atomic mass is 9.99. The molecule has 0 radical (unpaired) electrons. The Morgan fingerprint density at radius 3 is 2.86 bits per heavy atom. The van der Waals surface area contributed by atoms with Gasteiger partial charge in [0.1, 0.15) is 5.54 Å². The molecule has 1 saturated heterocycles. The highest BCUT2D eigenvalue weighted by molar-refractivity contribution is 5.87. The second-order valence-corrected chi connectivity index (χ2v) is 5.58. The van der Waals surface area contributed by atoms with Crippen molar-refractivity contribution in [1.82, 2.24) is 15.0 Å². The van der Waals surface area contributed by atoms with Gasteiger partial charge in [0.15, 0.2) is 5.82 Å².